The first-order valence-corrected chi connectivity index (χ1v) is 7.49. The minimum atomic E-state index is -0.0460. The Bertz CT molecular complexity index is 423. The minimum absolute atomic E-state index is 0.0460. The van der Waals surface area contributed by atoms with Gasteiger partial charge in [-0.2, -0.15) is 0 Å². The number of amides is 1. The molecule has 0 fully saturated rings. The van der Waals surface area contributed by atoms with Crippen LogP contribution in [0.15, 0.2) is 30.3 Å². The molecule has 21 heavy (non-hydrogen) atoms. The summed E-state index contributed by atoms with van der Waals surface area (Å²) in [6.45, 7) is 8.87. The lowest BCUT2D eigenvalue weighted by atomic mass is 10.1. The van der Waals surface area contributed by atoms with Crippen molar-refractivity contribution in [1.29, 1.82) is 0 Å². The lowest BCUT2D eigenvalue weighted by Gasteiger charge is -2.27. The van der Waals surface area contributed by atoms with Gasteiger partial charge in [0.1, 0.15) is 0 Å². The SMILES string of the molecule is CN(C)CCN(Cc1ccccc1)C(=O)CNC(C)(C)C. The topological polar surface area (TPSA) is 35.6 Å². The van der Waals surface area contributed by atoms with E-state index in [1.165, 1.54) is 5.56 Å². The molecule has 0 spiro atoms. The second-order valence-electron chi connectivity index (χ2n) is 6.71. The van der Waals surface area contributed by atoms with Crippen LogP contribution in [0.5, 0.6) is 0 Å². The quantitative estimate of drug-likeness (QED) is 0.834. The van der Waals surface area contributed by atoms with Gasteiger partial charge in [0.2, 0.25) is 5.91 Å². The Kier molecular flexibility index (Phi) is 6.85. The maximum atomic E-state index is 12.5. The Morgan fingerprint density at radius 3 is 2.24 bits per heavy atom. The number of carbonyl (C=O) groups is 1. The van der Waals surface area contributed by atoms with E-state index in [0.717, 1.165) is 13.1 Å². The highest BCUT2D eigenvalue weighted by Crippen LogP contribution is 2.06. The first-order chi connectivity index (χ1) is 9.78. The maximum absolute atomic E-state index is 12.5. The van der Waals surface area contributed by atoms with E-state index in [1.807, 2.05) is 37.2 Å². The van der Waals surface area contributed by atoms with Crippen LogP contribution in [0.4, 0.5) is 0 Å². The molecule has 0 heterocycles. The first-order valence-electron chi connectivity index (χ1n) is 7.49. The highest BCUT2D eigenvalue weighted by molar-refractivity contribution is 5.78. The Morgan fingerprint density at radius 1 is 1.10 bits per heavy atom. The standard InChI is InChI=1S/C17H29N3O/c1-17(2,3)18-13-16(21)20(12-11-19(4)5)14-15-9-7-6-8-10-15/h6-10,18H,11-14H2,1-5H3. The van der Waals surface area contributed by atoms with Crippen molar-refractivity contribution in [1.82, 2.24) is 15.1 Å². The molecule has 1 amide bonds. The fourth-order valence-corrected chi connectivity index (χ4v) is 1.87. The zero-order valence-corrected chi connectivity index (χ0v) is 14.0. The van der Waals surface area contributed by atoms with Crippen LogP contribution in [0.25, 0.3) is 0 Å². The molecule has 1 aromatic rings. The summed E-state index contributed by atoms with van der Waals surface area (Å²) >= 11 is 0. The van der Waals surface area contributed by atoms with E-state index in [9.17, 15) is 4.79 Å². The predicted molar refractivity (Wildman–Crippen MR) is 88.2 cm³/mol. The normalized spacial score (nSPS) is 11.7. The van der Waals surface area contributed by atoms with Crippen LogP contribution in [0.2, 0.25) is 0 Å². The third-order valence-electron chi connectivity index (χ3n) is 3.16. The second kappa shape index (κ2) is 8.15. The zero-order chi connectivity index (χ0) is 15.9. The third-order valence-corrected chi connectivity index (χ3v) is 3.16. The number of nitrogens with zero attached hydrogens (tertiary/aromatic N) is 2. The zero-order valence-electron chi connectivity index (χ0n) is 14.0. The Balaban J connectivity index is 2.65. The molecule has 0 bridgehead atoms. The van der Waals surface area contributed by atoms with Gasteiger partial charge in [-0.05, 0) is 40.4 Å². The summed E-state index contributed by atoms with van der Waals surface area (Å²) in [6, 6.07) is 10.1. The number of benzene rings is 1. The molecule has 4 nitrogen and oxygen atoms in total. The van der Waals surface area contributed by atoms with Crippen LogP contribution in [0.3, 0.4) is 0 Å². The summed E-state index contributed by atoms with van der Waals surface area (Å²) < 4.78 is 0. The monoisotopic (exact) mass is 291 g/mol. The van der Waals surface area contributed by atoms with Gasteiger partial charge in [0.25, 0.3) is 0 Å². The van der Waals surface area contributed by atoms with Gasteiger partial charge in [-0.1, -0.05) is 30.3 Å². The molecule has 4 heteroatoms. The molecule has 118 valence electrons. The lowest BCUT2D eigenvalue weighted by molar-refractivity contribution is -0.131. The molecular formula is C17H29N3O. The summed E-state index contributed by atoms with van der Waals surface area (Å²) in [7, 11) is 4.05. The molecular weight excluding hydrogens is 262 g/mol. The molecule has 1 rings (SSSR count). The predicted octanol–water partition coefficient (Wildman–Crippen LogP) is 1.96. The number of nitrogens with one attached hydrogen (secondary N) is 1. The van der Waals surface area contributed by atoms with E-state index in [-0.39, 0.29) is 11.4 Å². The number of hydrogen-bond acceptors (Lipinski definition) is 3. The maximum Gasteiger partial charge on any atom is 0.236 e. The highest BCUT2D eigenvalue weighted by atomic mass is 16.2. The van der Waals surface area contributed by atoms with Crippen LogP contribution in [0.1, 0.15) is 26.3 Å². The average Bonchev–Trinajstić information content (AvgIpc) is 2.41. The van der Waals surface area contributed by atoms with Crippen molar-refractivity contribution in [3.05, 3.63) is 35.9 Å². The molecule has 0 saturated carbocycles. The van der Waals surface area contributed by atoms with E-state index >= 15 is 0 Å². The summed E-state index contributed by atoms with van der Waals surface area (Å²) in [4.78, 5) is 16.5. The van der Waals surface area contributed by atoms with Crippen LogP contribution in [-0.4, -0.2) is 55.0 Å². The van der Waals surface area contributed by atoms with E-state index in [4.69, 9.17) is 0 Å². The van der Waals surface area contributed by atoms with Gasteiger partial charge >= 0.3 is 0 Å². The molecule has 0 aliphatic carbocycles. The first kappa shape index (κ1) is 17.7. The van der Waals surface area contributed by atoms with Crippen molar-refractivity contribution >= 4 is 5.91 Å². The van der Waals surface area contributed by atoms with Gasteiger partial charge in [0, 0.05) is 25.2 Å². The summed E-state index contributed by atoms with van der Waals surface area (Å²) in [5, 5.41) is 3.27. The molecule has 1 N–H and O–H groups in total. The number of rotatable bonds is 7. The van der Waals surface area contributed by atoms with Gasteiger partial charge in [-0.25, -0.2) is 0 Å². The minimum Gasteiger partial charge on any atom is -0.336 e. The molecule has 0 aliphatic heterocycles. The molecule has 0 unspecified atom stereocenters. The van der Waals surface area contributed by atoms with Gasteiger partial charge in [-0.15, -0.1) is 0 Å². The largest absolute Gasteiger partial charge is 0.336 e. The van der Waals surface area contributed by atoms with Gasteiger partial charge in [-0.3, -0.25) is 4.79 Å². The highest BCUT2D eigenvalue weighted by Gasteiger charge is 2.17. The van der Waals surface area contributed by atoms with Crippen LogP contribution in [-0.2, 0) is 11.3 Å². The van der Waals surface area contributed by atoms with Crippen molar-refractivity contribution < 1.29 is 4.79 Å². The number of carbonyl (C=O) groups excluding carboxylic acids is 1. The fraction of sp³-hybridized carbons (Fsp3) is 0.588. The molecule has 1 aromatic carbocycles. The van der Waals surface area contributed by atoms with Crippen LogP contribution < -0.4 is 5.32 Å². The Hall–Kier alpha value is -1.39. The van der Waals surface area contributed by atoms with E-state index in [0.29, 0.717) is 13.1 Å². The van der Waals surface area contributed by atoms with Gasteiger partial charge < -0.3 is 15.1 Å². The van der Waals surface area contributed by atoms with Crippen molar-refractivity contribution in [3.63, 3.8) is 0 Å². The summed E-state index contributed by atoms with van der Waals surface area (Å²) in [6.07, 6.45) is 0. The Morgan fingerprint density at radius 2 is 1.71 bits per heavy atom. The lowest BCUT2D eigenvalue weighted by Crippen LogP contribution is -2.46. The van der Waals surface area contributed by atoms with Crippen molar-refractivity contribution in [3.8, 4) is 0 Å². The van der Waals surface area contributed by atoms with Crippen molar-refractivity contribution in [2.24, 2.45) is 0 Å². The summed E-state index contributed by atoms with van der Waals surface area (Å²) in [5.74, 6) is 0.149. The fourth-order valence-electron chi connectivity index (χ4n) is 1.87. The summed E-state index contributed by atoms with van der Waals surface area (Å²) in [5.41, 5.74) is 1.12. The molecule has 0 saturated heterocycles. The van der Waals surface area contributed by atoms with Gasteiger partial charge in [0.05, 0.1) is 6.54 Å². The molecule has 0 aromatic heterocycles. The number of likely N-dealkylation sites (N-methyl/N-ethyl adjacent to an activating group) is 1. The van der Waals surface area contributed by atoms with Crippen molar-refractivity contribution in [2.75, 3.05) is 33.7 Å². The van der Waals surface area contributed by atoms with E-state index in [1.54, 1.807) is 0 Å². The smallest absolute Gasteiger partial charge is 0.236 e. The van der Waals surface area contributed by atoms with Crippen LogP contribution in [0, 0.1) is 0 Å². The van der Waals surface area contributed by atoms with Crippen molar-refractivity contribution in [2.45, 2.75) is 32.9 Å². The van der Waals surface area contributed by atoms with E-state index < -0.39 is 0 Å². The number of hydrogen-bond donors (Lipinski definition) is 1. The van der Waals surface area contributed by atoms with E-state index in [2.05, 4.69) is 43.1 Å². The average molecular weight is 291 g/mol. The molecule has 0 aliphatic rings. The second-order valence-corrected chi connectivity index (χ2v) is 6.71. The molecule has 0 atom stereocenters. The van der Waals surface area contributed by atoms with Gasteiger partial charge in [0.15, 0.2) is 0 Å². The van der Waals surface area contributed by atoms with Crippen LogP contribution >= 0.6 is 0 Å². The molecule has 0 radical (unpaired) electrons. The third kappa shape index (κ3) is 7.83. The Labute approximate surface area is 129 Å².